The van der Waals surface area contributed by atoms with Crippen LogP contribution in [0.5, 0.6) is 0 Å². The molecule has 0 amide bonds. The first kappa shape index (κ1) is 22.6. The SMILES string of the molecule is CC(C)CCC[C@@H](C)[C@H]1CC[C@H]2[C@@H]3CC(CI)=C4C[C@@H](O)CC[C@@H]4[C@H]3CC[C@]12C. The van der Waals surface area contributed by atoms with Gasteiger partial charge in [-0.05, 0) is 98.2 Å². The highest BCUT2D eigenvalue weighted by atomic mass is 127. The van der Waals surface area contributed by atoms with Crippen molar-refractivity contribution >= 4 is 22.6 Å². The summed E-state index contributed by atoms with van der Waals surface area (Å²) in [6, 6.07) is 0. The van der Waals surface area contributed by atoms with Crippen molar-refractivity contribution in [2.75, 3.05) is 4.43 Å². The zero-order valence-electron chi connectivity index (χ0n) is 19.4. The maximum atomic E-state index is 10.3. The van der Waals surface area contributed by atoms with Gasteiger partial charge in [-0.3, -0.25) is 0 Å². The second kappa shape index (κ2) is 9.12. The number of hydrogen-bond acceptors (Lipinski definition) is 1. The molecule has 0 heterocycles. The van der Waals surface area contributed by atoms with Crippen LogP contribution in [-0.2, 0) is 0 Å². The largest absolute Gasteiger partial charge is 0.393 e. The van der Waals surface area contributed by atoms with Gasteiger partial charge in [0.1, 0.15) is 0 Å². The van der Waals surface area contributed by atoms with Crippen molar-refractivity contribution in [3.05, 3.63) is 11.1 Å². The molecule has 4 aliphatic carbocycles. The maximum Gasteiger partial charge on any atom is 0.0577 e. The Hall–Kier alpha value is 0.430. The fourth-order valence-electron chi connectivity index (χ4n) is 8.62. The minimum atomic E-state index is -0.0628. The van der Waals surface area contributed by atoms with E-state index >= 15 is 0 Å². The third-order valence-electron chi connectivity index (χ3n) is 10.0. The second-order valence-corrected chi connectivity index (χ2v) is 12.7. The van der Waals surface area contributed by atoms with E-state index in [1.807, 2.05) is 0 Å². The van der Waals surface area contributed by atoms with Crippen LogP contribution in [-0.4, -0.2) is 15.6 Å². The van der Waals surface area contributed by atoms with Gasteiger partial charge in [-0.2, -0.15) is 0 Å². The zero-order valence-corrected chi connectivity index (χ0v) is 21.6. The molecular formula is C27H45IO. The molecule has 3 fully saturated rings. The monoisotopic (exact) mass is 512 g/mol. The van der Waals surface area contributed by atoms with Crippen molar-refractivity contribution in [3.63, 3.8) is 0 Å². The Labute approximate surface area is 194 Å². The Kier molecular flexibility index (Phi) is 7.11. The third kappa shape index (κ3) is 4.24. The summed E-state index contributed by atoms with van der Waals surface area (Å²) in [7, 11) is 0. The predicted octanol–water partition coefficient (Wildman–Crippen LogP) is 7.80. The fraction of sp³-hybridized carbons (Fsp3) is 0.926. The minimum absolute atomic E-state index is 0.0628. The van der Waals surface area contributed by atoms with Gasteiger partial charge >= 0.3 is 0 Å². The van der Waals surface area contributed by atoms with Gasteiger partial charge in [0.25, 0.3) is 0 Å². The van der Waals surface area contributed by atoms with Gasteiger partial charge in [0.05, 0.1) is 6.10 Å². The van der Waals surface area contributed by atoms with Gasteiger partial charge in [0, 0.05) is 4.43 Å². The van der Waals surface area contributed by atoms with Gasteiger partial charge in [-0.15, -0.1) is 0 Å². The lowest BCUT2D eigenvalue weighted by atomic mass is 9.50. The summed E-state index contributed by atoms with van der Waals surface area (Å²) in [6.07, 6.45) is 14.8. The Balaban J connectivity index is 1.51. The highest BCUT2D eigenvalue weighted by Crippen LogP contribution is 2.65. The molecule has 2 heteroatoms. The lowest BCUT2D eigenvalue weighted by molar-refractivity contribution is -0.0313. The van der Waals surface area contributed by atoms with Crippen LogP contribution in [0.2, 0.25) is 0 Å². The second-order valence-electron chi connectivity index (χ2n) is 12.0. The first-order valence-electron chi connectivity index (χ1n) is 12.8. The molecule has 166 valence electrons. The predicted molar refractivity (Wildman–Crippen MR) is 132 cm³/mol. The number of allylic oxidation sites excluding steroid dienone is 1. The molecular weight excluding hydrogens is 467 g/mol. The molecule has 29 heavy (non-hydrogen) atoms. The van der Waals surface area contributed by atoms with Crippen LogP contribution in [0.4, 0.5) is 0 Å². The highest BCUT2D eigenvalue weighted by Gasteiger charge is 2.57. The van der Waals surface area contributed by atoms with E-state index in [1.165, 1.54) is 62.2 Å². The Morgan fingerprint density at radius 1 is 1.00 bits per heavy atom. The van der Waals surface area contributed by atoms with Crippen LogP contribution in [0.15, 0.2) is 11.1 Å². The van der Waals surface area contributed by atoms with E-state index in [-0.39, 0.29) is 6.10 Å². The average Bonchev–Trinajstić information content (AvgIpc) is 3.04. The van der Waals surface area contributed by atoms with Gasteiger partial charge < -0.3 is 5.11 Å². The average molecular weight is 513 g/mol. The lowest BCUT2D eigenvalue weighted by Gasteiger charge is -2.55. The Bertz CT molecular complexity index is 610. The molecule has 0 aromatic carbocycles. The zero-order chi connectivity index (χ0) is 20.8. The van der Waals surface area contributed by atoms with Crippen molar-refractivity contribution in [2.24, 2.45) is 46.8 Å². The lowest BCUT2D eigenvalue weighted by Crippen LogP contribution is -2.48. The van der Waals surface area contributed by atoms with Gasteiger partial charge in [0.15, 0.2) is 0 Å². The summed E-state index contributed by atoms with van der Waals surface area (Å²) in [5.41, 5.74) is 4.05. The molecule has 0 aromatic heterocycles. The number of alkyl halides is 1. The number of aliphatic hydroxyl groups is 1. The van der Waals surface area contributed by atoms with E-state index in [0.717, 1.165) is 54.3 Å². The topological polar surface area (TPSA) is 20.2 Å². The van der Waals surface area contributed by atoms with E-state index in [2.05, 4.69) is 50.3 Å². The molecule has 1 N–H and O–H groups in total. The van der Waals surface area contributed by atoms with Crippen LogP contribution in [0, 0.1) is 46.8 Å². The van der Waals surface area contributed by atoms with Gasteiger partial charge in [-0.25, -0.2) is 0 Å². The normalized spacial score (nSPS) is 43.1. The molecule has 0 saturated heterocycles. The quantitative estimate of drug-likeness (QED) is 0.219. The third-order valence-corrected chi connectivity index (χ3v) is 10.9. The molecule has 1 nitrogen and oxygen atoms in total. The van der Waals surface area contributed by atoms with Gasteiger partial charge in [-0.1, -0.05) is 80.7 Å². The van der Waals surface area contributed by atoms with E-state index in [9.17, 15) is 5.11 Å². The Morgan fingerprint density at radius 2 is 1.79 bits per heavy atom. The number of halogens is 1. The van der Waals surface area contributed by atoms with Crippen molar-refractivity contribution in [2.45, 2.75) is 104 Å². The highest BCUT2D eigenvalue weighted by molar-refractivity contribution is 14.1. The smallest absolute Gasteiger partial charge is 0.0577 e. The standard InChI is InChI=1S/C27H45IO/c1-17(2)6-5-7-18(3)25-10-11-26-24-14-19(16-28)23-15-20(29)8-9-21(23)22(24)12-13-27(25,26)4/h17-18,20-22,24-26,29H,5-16H2,1-4H3/t18-,20+,21-,22-,24-,25-,26+,27-/m1/s1. The summed E-state index contributed by atoms with van der Waals surface area (Å²) in [5.74, 6) is 6.37. The first-order chi connectivity index (χ1) is 13.8. The molecule has 4 aliphatic rings. The number of hydrogen-bond donors (Lipinski definition) is 1. The molecule has 3 saturated carbocycles. The fourth-order valence-corrected chi connectivity index (χ4v) is 9.42. The molecule has 0 unspecified atom stereocenters. The van der Waals surface area contributed by atoms with Crippen molar-refractivity contribution < 1.29 is 5.11 Å². The van der Waals surface area contributed by atoms with Gasteiger partial charge in [0.2, 0.25) is 0 Å². The van der Waals surface area contributed by atoms with E-state index < -0.39 is 0 Å². The van der Waals surface area contributed by atoms with Crippen molar-refractivity contribution in [1.82, 2.24) is 0 Å². The molecule has 4 rings (SSSR count). The van der Waals surface area contributed by atoms with Crippen molar-refractivity contribution in [3.8, 4) is 0 Å². The summed E-state index contributed by atoms with van der Waals surface area (Å²) < 4.78 is 1.19. The molecule has 0 radical (unpaired) electrons. The van der Waals surface area contributed by atoms with E-state index in [4.69, 9.17) is 0 Å². The van der Waals surface area contributed by atoms with E-state index in [0.29, 0.717) is 5.41 Å². The molecule has 0 spiro atoms. The molecule has 0 bridgehead atoms. The molecule has 0 aromatic rings. The van der Waals surface area contributed by atoms with Crippen LogP contribution in [0.25, 0.3) is 0 Å². The summed E-state index contributed by atoms with van der Waals surface area (Å²) in [6.45, 7) is 10.0. The van der Waals surface area contributed by atoms with Crippen LogP contribution >= 0.6 is 22.6 Å². The maximum absolute atomic E-state index is 10.3. The van der Waals surface area contributed by atoms with Crippen molar-refractivity contribution in [1.29, 1.82) is 0 Å². The minimum Gasteiger partial charge on any atom is -0.393 e. The van der Waals surface area contributed by atoms with E-state index in [1.54, 1.807) is 11.1 Å². The van der Waals surface area contributed by atoms with Crippen LogP contribution in [0.3, 0.4) is 0 Å². The number of fused-ring (bicyclic) bond motifs is 5. The summed E-state index contributed by atoms with van der Waals surface area (Å²) in [5, 5.41) is 10.3. The van der Waals surface area contributed by atoms with Crippen LogP contribution < -0.4 is 0 Å². The molecule has 8 atom stereocenters. The molecule has 0 aliphatic heterocycles. The number of aliphatic hydroxyl groups excluding tert-OH is 1. The Morgan fingerprint density at radius 3 is 2.52 bits per heavy atom. The number of rotatable bonds is 6. The summed E-state index contributed by atoms with van der Waals surface area (Å²) in [4.78, 5) is 0. The summed E-state index contributed by atoms with van der Waals surface area (Å²) >= 11 is 2.61. The van der Waals surface area contributed by atoms with Crippen LogP contribution in [0.1, 0.15) is 98.3 Å². The first-order valence-corrected chi connectivity index (χ1v) is 14.3.